The number of halogens is 4. The van der Waals surface area contributed by atoms with Gasteiger partial charge in [0.2, 0.25) is 12.7 Å². The highest BCUT2D eigenvalue weighted by Gasteiger charge is 2.40. The molecule has 0 bridgehead atoms. The van der Waals surface area contributed by atoms with Gasteiger partial charge >= 0.3 is 6.11 Å². The fourth-order valence-electron chi connectivity index (χ4n) is 2.57. The van der Waals surface area contributed by atoms with Crippen molar-refractivity contribution in [1.82, 2.24) is 19.6 Å². The Hall–Kier alpha value is -2.75. The van der Waals surface area contributed by atoms with Crippen LogP contribution in [0.15, 0.2) is 30.6 Å². The molecule has 1 saturated carbocycles. The van der Waals surface area contributed by atoms with Crippen LogP contribution in [0.4, 0.5) is 17.6 Å². The second-order valence-corrected chi connectivity index (χ2v) is 6.21. The van der Waals surface area contributed by atoms with Crippen LogP contribution in [0.25, 0.3) is 16.8 Å². The minimum atomic E-state index is -3.61. The van der Waals surface area contributed by atoms with Gasteiger partial charge in [0.25, 0.3) is 5.88 Å². The van der Waals surface area contributed by atoms with Gasteiger partial charge in [0.1, 0.15) is 0 Å². The van der Waals surface area contributed by atoms with E-state index in [0.29, 0.717) is 11.1 Å². The Bertz CT molecular complexity index is 975. The molecule has 1 aliphatic rings. The van der Waals surface area contributed by atoms with E-state index in [-0.39, 0.29) is 18.2 Å². The third-order valence-corrected chi connectivity index (χ3v) is 4.19. The highest BCUT2D eigenvalue weighted by atomic mass is 19.3. The summed E-state index contributed by atoms with van der Waals surface area (Å²) in [5.74, 6) is -1.85. The molecule has 0 saturated heterocycles. The van der Waals surface area contributed by atoms with Gasteiger partial charge in [0.15, 0.2) is 11.5 Å². The maximum atomic E-state index is 14.4. The summed E-state index contributed by atoms with van der Waals surface area (Å²) in [4.78, 5) is 3.69. The lowest BCUT2D eigenvalue weighted by Crippen LogP contribution is -2.23. The SMILES string of the molecule is FCOc1ncc(-c2ccc3nnc(C(F)(F)OCC4CC4)n3c2)cc1F. The number of hydrogen-bond acceptors (Lipinski definition) is 5. The van der Waals surface area contributed by atoms with Gasteiger partial charge in [-0.15, -0.1) is 10.2 Å². The van der Waals surface area contributed by atoms with Crippen molar-refractivity contribution < 1.29 is 27.0 Å². The van der Waals surface area contributed by atoms with Crippen molar-refractivity contribution in [2.24, 2.45) is 5.92 Å². The first-order valence-corrected chi connectivity index (χ1v) is 8.19. The Kier molecular flexibility index (Phi) is 4.42. The predicted molar refractivity (Wildman–Crippen MR) is 85.3 cm³/mol. The monoisotopic (exact) mass is 382 g/mol. The average Bonchev–Trinajstić information content (AvgIpc) is 3.38. The molecule has 0 aromatic carbocycles. The first-order chi connectivity index (χ1) is 13.0. The number of rotatable bonds is 7. The summed E-state index contributed by atoms with van der Waals surface area (Å²) in [5, 5.41) is 7.26. The fraction of sp³-hybridized carbons (Fsp3) is 0.353. The summed E-state index contributed by atoms with van der Waals surface area (Å²) in [5.41, 5.74) is 0.872. The van der Waals surface area contributed by atoms with E-state index in [9.17, 15) is 17.6 Å². The lowest BCUT2D eigenvalue weighted by molar-refractivity contribution is -0.256. The van der Waals surface area contributed by atoms with Gasteiger partial charge in [0, 0.05) is 23.5 Å². The molecule has 1 aliphatic carbocycles. The van der Waals surface area contributed by atoms with Crippen LogP contribution in [0, 0.1) is 11.7 Å². The van der Waals surface area contributed by atoms with Crippen molar-refractivity contribution in [1.29, 1.82) is 0 Å². The maximum Gasteiger partial charge on any atom is 0.418 e. The average molecular weight is 382 g/mol. The van der Waals surface area contributed by atoms with Crippen LogP contribution in [0.5, 0.6) is 5.88 Å². The van der Waals surface area contributed by atoms with E-state index in [0.717, 1.165) is 23.3 Å². The molecule has 0 atom stereocenters. The van der Waals surface area contributed by atoms with Gasteiger partial charge < -0.3 is 9.47 Å². The van der Waals surface area contributed by atoms with Gasteiger partial charge in [-0.1, -0.05) is 0 Å². The zero-order valence-corrected chi connectivity index (χ0v) is 13.9. The largest absolute Gasteiger partial charge is 0.444 e. The molecule has 1 fully saturated rings. The summed E-state index contributed by atoms with van der Waals surface area (Å²) in [6, 6.07) is 4.10. The van der Waals surface area contributed by atoms with E-state index in [2.05, 4.69) is 19.9 Å². The molecule has 0 amide bonds. The lowest BCUT2D eigenvalue weighted by Gasteiger charge is -2.15. The molecule has 6 nitrogen and oxygen atoms in total. The molecule has 0 radical (unpaired) electrons. The van der Waals surface area contributed by atoms with E-state index in [1.165, 1.54) is 18.5 Å². The van der Waals surface area contributed by atoms with Crippen molar-refractivity contribution in [3.05, 3.63) is 42.2 Å². The highest BCUT2D eigenvalue weighted by Crippen LogP contribution is 2.35. The van der Waals surface area contributed by atoms with E-state index in [1.807, 2.05) is 0 Å². The van der Waals surface area contributed by atoms with Crippen molar-refractivity contribution in [3.63, 3.8) is 0 Å². The Morgan fingerprint density at radius 3 is 2.70 bits per heavy atom. The summed E-state index contributed by atoms with van der Waals surface area (Å²) in [7, 11) is 0. The van der Waals surface area contributed by atoms with Crippen LogP contribution in [-0.4, -0.2) is 33.0 Å². The summed E-state index contributed by atoms with van der Waals surface area (Å²) >= 11 is 0. The van der Waals surface area contributed by atoms with Crippen LogP contribution in [-0.2, 0) is 10.8 Å². The molecule has 0 N–H and O–H groups in total. The first-order valence-electron chi connectivity index (χ1n) is 8.19. The number of hydrogen-bond donors (Lipinski definition) is 0. The van der Waals surface area contributed by atoms with Gasteiger partial charge in [0.05, 0.1) is 6.61 Å². The Balaban J connectivity index is 1.68. The van der Waals surface area contributed by atoms with Crippen molar-refractivity contribution in [2.45, 2.75) is 19.0 Å². The normalized spacial score (nSPS) is 14.7. The minimum absolute atomic E-state index is 0.0488. The second kappa shape index (κ2) is 6.76. The van der Waals surface area contributed by atoms with Gasteiger partial charge in [-0.25, -0.2) is 13.8 Å². The number of pyridine rings is 2. The Morgan fingerprint density at radius 1 is 1.19 bits per heavy atom. The number of fused-ring (bicyclic) bond motifs is 1. The van der Waals surface area contributed by atoms with Crippen LogP contribution in [0.1, 0.15) is 18.7 Å². The zero-order valence-electron chi connectivity index (χ0n) is 13.9. The molecule has 0 spiro atoms. The van der Waals surface area contributed by atoms with E-state index in [4.69, 9.17) is 4.74 Å². The second-order valence-electron chi connectivity index (χ2n) is 6.21. The molecule has 4 rings (SSSR count). The quantitative estimate of drug-likeness (QED) is 0.583. The molecule has 3 heterocycles. The number of aromatic nitrogens is 4. The molecule has 0 unspecified atom stereocenters. The van der Waals surface area contributed by atoms with Crippen LogP contribution >= 0.6 is 0 Å². The molecule has 3 aromatic rings. The number of ether oxygens (including phenoxy) is 2. The predicted octanol–water partition coefficient (Wildman–Crippen LogP) is 3.71. The molecular weight excluding hydrogens is 368 g/mol. The third kappa shape index (κ3) is 3.57. The third-order valence-electron chi connectivity index (χ3n) is 4.19. The van der Waals surface area contributed by atoms with Crippen LogP contribution in [0.3, 0.4) is 0 Å². The first kappa shape index (κ1) is 17.7. The highest BCUT2D eigenvalue weighted by molar-refractivity contribution is 5.64. The smallest absolute Gasteiger partial charge is 0.418 e. The van der Waals surface area contributed by atoms with Crippen LogP contribution in [0.2, 0.25) is 0 Å². The fourth-order valence-corrected chi connectivity index (χ4v) is 2.57. The molecule has 142 valence electrons. The van der Waals surface area contributed by atoms with E-state index in [1.54, 1.807) is 6.07 Å². The topological polar surface area (TPSA) is 61.5 Å². The molecule has 3 aromatic heterocycles. The Labute approximate surface area is 150 Å². The standard InChI is InChI=1S/C17H14F4N4O2/c18-9-26-15-13(19)5-12(6-22-15)11-3-4-14-23-24-16(25(14)7-11)17(20,21)27-8-10-1-2-10/h3-7,10H,1-2,8-9H2. The van der Waals surface area contributed by atoms with Gasteiger partial charge in [-0.05, 0) is 37.0 Å². The van der Waals surface area contributed by atoms with Gasteiger partial charge in [-0.3, -0.25) is 4.40 Å². The minimum Gasteiger partial charge on any atom is -0.444 e. The number of nitrogens with zero attached hydrogens (tertiary/aromatic N) is 4. The summed E-state index contributed by atoms with van der Waals surface area (Å²) in [6.45, 7) is -1.26. The number of alkyl halides is 3. The summed E-state index contributed by atoms with van der Waals surface area (Å²) in [6.07, 6.45) is 0.734. The van der Waals surface area contributed by atoms with E-state index >= 15 is 0 Å². The van der Waals surface area contributed by atoms with Crippen molar-refractivity contribution >= 4 is 5.65 Å². The van der Waals surface area contributed by atoms with E-state index < -0.39 is 30.5 Å². The molecule has 27 heavy (non-hydrogen) atoms. The maximum absolute atomic E-state index is 14.4. The zero-order chi connectivity index (χ0) is 19.0. The molecule has 10 heteroatoms. The Morgan fingerprint density at radius 2 is 2.00 bits per heavy atom. The van der Waals surface area contributed by atoms with Crippen LogP contribution < -0.4 is 4.74 Å². The molecule has 0 aliphatic heterocycles. The summed E-state index contributed by atoms with van der Waals surface area (Å²) < 4.78 is 65.0. The lowest BCUT2D eigenvalue weighted by atomic mass is 10.1. The molecular formula is C17H14F4N4O2. The van der Waals surface area contributed by atoms with Crippen molar-refractivity contribution in [3.8, 4) is 17.0 Å². The van der Waals surface area contributed by atoms with Crippen molar-refractivity contribution in [2.75, 3.05) is 13.5 Å². The van der Waals surface area contributed by atoms with Gasteiger partial charge in [-0.2, -0.15) is 8.78 Å².